The first-order valence-electron chi connectivity index (χ1n) is 12.0. The quantitative estimate of drug-likeness (QED) is 0.372. The lowest BCUT2D eigenvalue weighted by molar-refractivity contribution is -0.173. The summed E-state index contributed by atoms with van der Waals surface area (Å²) >= 11 is 0. The lowest BCUT2D eigenvalue weighted by Crippen LogP contribution is -2.55. The molecule has 9 heteroatoms. The smallest absolute Gasteiger partial charge is 0.257 e. The summed E-state index contributed by atoms with van der Waals surface area (Å²) in [6.45, 7) is 5.09. The fourth-order valence-corrected chi connectivity index (χ4v) is 7.02. The van der Waals surface area contributed by atoms with E-state index < -0.39 is 46.8 Å². The number of hydroxylamine groups is 2. The number of carbonyl (C=O) groups is 4. The molecule has 2 amide bonds. The molecular weight excluding hydrogens is 466 g/mol. The van der Waals surface area contributed by atoms with Gasteiger partial charge < -0.3 is 14.6 Å². The molecular formula is C27H29NO8. The highest BCUT2D eigenvalue weighted by atomic mass is 16.5. The van der Waals surface area contributed by atoms with E-state index in [1.165, 1.54) is 14.2 Å². The van der Waals surface area contributed by atoms with E-state index in [0.717, 1.165) is 5.57 Å². The number of Topliss-reactive ketones (excluding diaryl/α,β-unsaturated/α-hetero) is 2. The first-order valence-corrected chi connectivity index (χ1v) is 12.0. The highest BCUT2D eigenvalue weighted by molar-refractivity contribution is 6.16. The first kappa shape index (κ1) is 24.2. The summed E-state index contributed by atoms with van der Waals surface area (Å²) in [7, 11) is 2.81. The number of hydrogen-bond donors (Lipinski definition) is 2. The van der Waals surface area contributed by atoms with E-state index in [1.54, 1.807) is 32.9 Å². The molecule has 2 fully saturated rings. The minimum Gasteiger partial charge on any atom is -0.502 e. The Morgan fingerprint density at radius 3 is 2.17 bits per heavy atom. The molecule has 0 bridgehead atoms. The minimum atomic E-state index is -1.17. The Balaban J connectivity index is 1.78. The summed E-state index contributed by atoms with van der Waals surface area (Å²) in [6.07, 6.45) is 2.33. The monoisotopic (exact) mass is 495 g/mol. The van der Waals surface area contributed by atoms with E-state index in [2.05, 4.69) is 0 Å². The molecule has 5 rings (SSSR count). The van der Waals surface area contributed by atoms with Gasteiger partial charge in [0.1, 0.15) is 0 Å². The van der Waals surface area contributed by atoms with Crippen LogP contribution in [0.5, 0.6) is 17.2 Å². The highest BCUT2D eigenvalue weighted by Crippen LogP contribution is 2.63. The Hall–Kier alpha value is -3.46. The summed E-state index contributed by atoms with van der Waals surface area (Å²) in [5.41, 5.74) is 1.000. The predicted octanol–water partition coefficient (Wildman–Crippen LogP) is 2.94. The van der Waals surface area contributed by atoms with Crippen molar-refractivity contribution in [1.82, 2.24) is 5.06 Å². The molecule has 1 saturated heterocycles. The van der Waals surface area contributed by atoms with Crippen molar-refractivity contribution in [2.45, 2.75) is 39.5 Å². The number of methoxy groups -OCH3 is 2. The molecule has 0 spiro atoms. The van der Waals surface area contributed by atoms with Crippen molar-refractivity contribution in [3.63, 3.8) is 0 Å². The summed E-state index contributed by atoms with van der Waals surface area (Å²) in [5, 5.41) is 20.8. The lowest BCUT2D eigenvalue weighted by Gasteiger charge is -2.54. The molecule has 1 aromatic rings. The van der Waals surface area contributed by atoms with Gasteiger partial charge in [0.2, 0.25) is 5.75 Å². The number of benzene rings is 1. The van der Waals surface area contributed by atoms with Gasteiger partial charge in [-0.15, -0.1) is 0 Å². The number of aromatic hydroxyl groups is 1. The first-order chi connectivity index (χ1) is 17.0. The predicted molar refractivity (Wildman–Crippen MR) is 125 cm³/mol. The van der Waals surface area contributed by atoms with Crippen LogP contribution in [0, 0.1) is 29.1 Å². The molecule has 1 aliphatic heterocycles. The fourth-order valence-electron chi connectivity index (χ4n) is 7.02. The second-order valence-electron chi connectivity index (χ2n) is 10.4. The van der Waals surface area contributed by atoms with Gasteiger partial charge in [-0.25, -0.2) is 0 Å². The maximum absolute atomic E-state index is 13.9. The number of phenols is 1. The number of amides is 2. The third-order valence-corrected chi connectivity index (χ3v) is 8.98. The maximum Gasteiger partial charge on any atom is 0.257 e. The third kappa shape index (κ3) is 2.92. The standard InChI is InChI=1S/C27H29NO8/c1-11-12(2)24(31)27(3)17(22(11)29)10-16-14(6-7-15-20(16)26(33)28(34)25(15)32)21(27)13-8-18(35-4)23(30)19(9-13)36-5/h6,8-9,15-17,20-21,30,34H,7,10H2,1-5H3/t15-,16+,17-,20-,21-,27+/m0/s1. The van der Waals surface area contributed by atoms with Crippen LogP contribution in [0.1, 0.15) is 45.1 Å². The van der Waals surface area contributed by atoms with Gasteiger partial charge in [-0.1, -0.05) is 18.6 Å². The van der Waals surface area contributed by atoms with E-state index in [4.69, 9.17) is 9.47 Å². The molecule has 0 aromatic heterocycles. The van der Waals surface area contributed by atoms with Gasteiger partial charge in [-0.2, -0.15) is 5.06 Å². The van der Waals surface area contributed by atoms with Gasteiger partial charge >= 0.3 is 0 Å². The zero-order valence-electron chi connectivity index (χ0n) is 20.8. The zero-order chi connectivity index (χ0) is 26.3. The average Bonchev–Trinajstić information content (AvgIpc) is 3.09. The normalized spacial score (nSPS) is 33.8. The summed E-state index contributed by atoms with van der Waals surface area (Å²) in [4.78, 5) is 53.2. The average molecular weight is 496 g/mol. The number of phenolic OH excluding ortho intramolecular Hbond substituents is 1. The van der Waals surface area contributed by atoms with Crippen LogP contribution >= 0.6 is 0 Å². The second kappa shape index (κ2) is 8.03. The van der Waals surface area contributed by atoms with Gasteiger partial charge in [0, 0.05) is 11.8 Å². The minimum absolute atomic E-state index is 0.146. The summed E-state index contributed by atoms with van der Waals surface area (Å²) < 4.78 is 10.8. The van der Waals surface area contributed by atoms with Crippen molar-refractivity contribution in [3.05, 3.63) is 40.5 Å². The van der Waals surface area contributed by atoms with Crippen molar-refractivity contribution < 1.29 is 39.0 Å². The molecule has 4 aliphatic rings. The van der Waals surface area contributed by atoms with Gasteiger partial charge in [0.05, 0.1) is 31.5 Å². The molecule has 3 aliphatic carbocycles. The fraction of sp³-hybridized carbons (Fsp3) is 0.481. The van der Waals surface area contributed by atoms with E-state index in [9.17, 15) is 29.5 Å². The van der Waals surface area contributed by atoms with Crippen molar-refractivity contribution in [1.29, 1.82) is 0 Å². The number of hydrogen-bond acceptors (Lipinski definition) is 8. The van der Waals surface area contributed by atoms with E-state index >= 15 is 0 Å². The molecule has 2 N–H and O–H groups in total. The molecule has 1 saturated carbocycles. The molecule has 0 unspecified atom stereocenters. The zero-order valence-corrected chi connectivity index (χ0v) is 20.8. The van der Waals surface area contributed by atoms with Crippen LogP contribution in [0.3, 0.4) is 0 Å². The van der Waals surface area contributed by atoms with Crippen molar-refractivity contribution in [3.8, 4) is 17.2 Å². The summed E-state index contributed by atoms with van der Waals surface area (Å²) in [6, 6.07) is 3.25. The third-order valence-electron chi connectivity index (χ3n) is 8.98. The number of fused-ring (bicyclic) bond motifs is 4. The van der Waals surface area contributed by atoms with Crippen LogP contribution in [-0.2, 0) is 19.2 Å². The number of allylic oxidation sites excluding steroid dienone is 4. The van der Waals surface area contributed by atoms with Gasteiger partial charge in [-0.05, 0) is 61.4 Å². The number of ketones is 2. The maximum atomic E-state index is 13.9. The Morgan fingerprint density at radius 1 is 0.972 bits per heavy atom. The van der Waals surface area contributed by atoms with Crippen LogP contribution < -0.4 is 9.47 Å². The highest BCUT2D eigenvalue weighted by Gasteiger charge is 2.64. The van der Waals surface area contributed by atoms with E-state index in [-0.39, 0.29) is 46.7 Å². The van der Waals surface area contributed by atoms with Crippen LogP contribution in [-0.4, -0.2) is 53.0 Å². The molecule has 0 radical (unpaired) electrons. The van der Waals surface area contributed by atoms with Crippen LogP contribution in [0.2, 0.25) is 0 Å². The van der Waals surface area contributed by atoms with Crippen LogP contribution in [0.25, 0.3) is 0 Å². The Kier molecular flexibility index (Phi) is 5.41. The van der Waals surface area contributed by atoms with E-state index in [0.29, 0.717) is 16.7 Å². The Morgan fingerprint density at radius 2 is 1.58 bits per heavy atom. The van der Waals surface area contributed by atoms with Crippen molar-refractivity contribution in [2.24, 2.45) is 29.1 Å². The molecule has 6 atom stereocenters. The Labute approximate surface area is 208 Å². The van der Waals surface area contributed by atoms with Gasteiger partial charge in [-0.3, -0.25) is 24.4 Å². The van der Waals surface area contributed by atoms with Crippen LogP contribution in [0.15, 0.2) is 34.9 Å². The van der Waals surface area contributed by atoms with Crippen molar-refractivity contribution in [2.75, 3.05) is 14.2 Å². The SMILES string of the molecule is COc1cc([C@H]2C3=CC[C@@H]4C(=O)N(O)C(=O)[C@@H]4[C@@H]3C[C@H]3C(=O)C(C)=C(C)C(=O)[C@@]23C)cc(OC)c1O. The molecule has 190 valence electrons. The van der Waals surface area contributed by atoms with Crippen molar-refractivity contribution >= 4 is 23.4 Å². The topological polar surface area (TPSA) is 130 Å². The largest absolute Gasteiger partial charge is 0.502 e. The summed E-state index contributed by atoms with van der Waals surface area (Å²) in [5.74, 6) is -4.96. The van der Waals surface area contributed by atoms with Gasteiger partial charge in [0.25, 0.3) is 11.8 Å². The van der Waals surface area contributed by atoms with E-state index in [1.807, 2.05) is 6.08 Å². The Bertz CT molecular complexity index is 1270. The number of nitrogens with zero attached hydrogens (tertiary/aromatic N) is 1. The number of ether oxygens (including phenoxy) is 2. The number of imide groups is 1. The molecule has 1 heterocycles. The number of rotatable bonds is 3. The molecule has 1 aromatic carbocycles. The second-order valence-corrected chi connectivity index (χ2v) is 10.4. The molecule has 36 heavy (non-hydrogen) atoms. The molecule has 9 nitrogen and oxygen atoms in total. The number of carbonyl (C=O) groups excluding carboxylic acids is 4. The van der Waals surface area contributed by atoms with Crippen LogP contribution in [0.4, 0.5) is 0 Å². The van der Waals surface area contributed by atoms with Gasteiger partial charge in [0.15, 0.2) is 23.1 Å². The lowest BCUT2D eigenvalue weighted by atomic mass is 9.46.